The fourth-order valence-corrected chi connectivity index (χ4v) is 1.14. The maximum absolute atomic E-state index is 11.2. The normalized spacial score (nSPS) is 15.1. The van der Waals surface area contributed by atoms with Gasteiger partial charge in [0.15, 0.2) is 0 Å². The molecule has 1 fully saturated rings. The Kier molecular flexibility index (Phi) is 2.30. The minimum atomic E-state index is -0.234. The Bertz CT molecular complexity index is 375. The summed E-state index contributed by atoms with van der Waals surface area (Å²) in [7, 11) is 0. The number of aromatic amines is 1. The van der Waals surface area contributed by atoms with Gasteiger partial charge in [-0.1, -0.05) is 0 Å². The van der Waals surface area contributed by atoms with Gasteiger partial charge in [-0.15, -0.1) is 0 Å². The number of rotatable bonds is 3. The number of H-pyrrole nitrogens is 1. The average molecular weight is 193 g/mol. The zero-order valence-electron chi connectivity index (χ0n) is 7.62. The molecule has 0 bridgehead atoms. The number of hydrogen-bond acceptors (Lipinski definition) is 3. The molecule has 14 heavy (non-hydrogen) atoms. The van der Waals surface area contributed by atoms with Crippen molar-refractivity contribution in [2.24, 2.45) is 5.92 Å². The molecule has 1 saturated carbocycles. The maximum Gasteiger partial charge on any atom is 0.264 e. The van der Waals surface area contributed by atoms with E-state index in [1.807, 2.05) is 0 Å². The van der Waals surface area contributed by atoms with Crippen LogP contribution in [0.5, 0.6) is 0 Å². The lowest BCUT2D eigenvalue weighted by atomic mass is 10.3. The predicted octanol–water partition coefficient (Wildman–Crippen LogP) is -0.204. The molecule has 1 aliphatic carbocycles. The fourth-order valence-electron chi connectivity index (χ4n) is 1.14. The van der Waals surface area contributed by atoms with E-state index in [2.05, 4.69) is 15.5 Å². The Morgan fingerprint density at radius 1 is 1.57 bits per heavy atom. The first-order valence-corrected chi connectivity index (χ1v) is 4.58. The number of hydrogen-bond donors (Lipinski definition) is 2. The highest BCUT2D eigenvalue weighted by atomic mass is 16.2. The van der Waals surface area contributed by atoms with Crippen LogP contribution in [-0.4, -0.2) is 16.1 Å². The smallest absolute Gasteiger partial charge is 0.264 e. The molecule has 2 rings (SSSR count). The van der Waals surface area contributed by atoms with Crippen LogP contribution in [0.4, 0.5) is 0 Å². The molecule has 0 spiro atoms. The molecule has 1 aromatic rings. The van der Waals surface area contributed by atoms with Crippen molar-refractivity contribution in [2.75, 3.05) is 0 Å². The Morgan fingerprint density at radius 3 is 2.93 bits per heavy atom. The topological polar surface area (TPSA) is 74.8 Å². The van der Waals surface area contributed by atoms with Crippen LogP contribution in [0.15, 0.2) is 16.9 Å². The summed E-state index contributed by atoms with van der Waals surface area (Å²) in [4.78, 5) is 21.9. The van der Waals surface area contributed by atoms with E-state index in [0.717, 1.165) is 12.8 Å². The van der Waals surface area contributed by atoms with E-state index in [-0.39, 0.29) is 17.4 Å². The van der Waals surface area contributed by atoms with E-state index in [4.69, 9.17) is 0 Å². The number of carbonyl (C=O) groups is 1. The summed E-state index contributed by atoms with van der Waals surface area (Å²) in [5, 5.41) is 8.85. The molecule has 74 valence electrons. The lowest BCUT2D eigenvalue weighted by molar-refractivity contribution is -0.122. The lowest BCUT2D eigenvalue weighted by Crippen LogP contribution is -2.25. The molecule has 0 atom stereocenters. The Labute approximate surface area is 80.5 Å². The molecule has 0 aromatic carbocycles. The Hall–Kier alpha value is -1.65. The second kappa shape index (κ2) is 3.61. The summed E-state index contributed by atoms with van der Waals surface area (Å²) in [6.45, 7) is 0.381. The summed E-state index contributed by atoms with van der Waals surface area (Å²) >= 11 is 0. The first kappa shape index (κ1) is 8.93. The van der Waals surface area contributed by atoms with Gasteiger partial charge in [0, 0.05) is 12.0 Å². The number of nitrogens with zero attached hydrogens (tertiary/aromatic N) is 1. The fraction of sp³-hybridized carbons (Fsp3) is 0.444. The highest BCUT2D eigenvalue weighted by molar-refractivity contribution is 5.80. The maximum atomic E-state index is 11.2. The van der Waals surface area contributed by atoms with Crippen molar-refractivity contribution in [3.05, 3.63) is 28.2 Å². The molecule has 1 aliphatic rings. The summed E-state index contributed by atoms with van der Waals surface area (Å²) in [5.74, 6) is 0.288. The summed E-state index contributed by atoms with van der Waals surface area (Å²) in [5.41, 5.74) is 0.431. The van der Waals surface area contributed by atoms with Crippen LogP contribution in [0, 0.1) is 5.92 Å². The monoisotopic (exact) mass is 193 g/mol. The van der Waals surface area contributed by atoms with Crippen molar-refractivity contribution in [1.82, 2.24) is 15.5 Å². The average Bonchev–Trinajstić information content (AvgIpc) is 3.00. The highest BCUT2D eigenvalue weighted by Crippen LogP contribution is 2.28. The number of nitrogens with one attached hydrogen (secondary N) is 2. The first-order valence-electron chi connectivity index (χ1n) is 4.58. The zero-order valence-corrected chi connectivity index (χ0v) is 7.62. The van der Waals surface area contributed by atoms with Crippen molar-refractivity contribution in [3.8, 4) is 0 Å². The van der Waals surface area contributed by atoms with Gasteiger partial charge in [0.25, 0.3) is 5.56 Å². The molecule has 1 heterocycles. The molecular weight excluding hydrogens is 182 g/mol. The molecular formula is C9H11N3O2. The van der Waals surface area contributed by atoms with Crippen LogP contribution in [-0.2, 0) is 11.3 Å². The van der Waals surface area contributed by atoms with Gasteiger partial charge in [0.2, 0.25) is 5.91 Å². The largest absolute Gasteiger partial charge is 0.350 e. The molecule has 0 unspecified atom stereocenters. The summed E-state index contributed by atoms with van der Waals surface area (Å²) in [6, 6.07) is 3.00. The quantitative estimate of drug-likeness (QED) is 0.697. The van der Waals surface area contributed by atoms with E-state index in [1.54, 1.807) is 6.07 Å². The molecule has 1 aromatic heterocycles. The van der Waals surface area contributed by atoms with Gasteiger partial charge in [0.1, 0.15) is 0 Å². The Morgan fingerprint density at radius 2 is 2.36 bits per heavy atom. The van der Waals surface area contributed by atoms with Gasteiger partial charge < -0.3 is 5.32 Å². The van der Waals surface area contributed by atoms with Crippen LogP contribution in [0.2, 0.25) is 0 Å². The molecule has 5 heteroatoms. The molecule has 0 saturated heterocycles. The van der Waals surface area contributed by atoms with E-state index in [1.165, 1.54) is 6.07 Å². The van der Waals surface area contributed by atoms with Crippen molar-refractivity contribution in [2.45, 2.75) is 19.4 Å². The van der Waals surface area contributed by atoms with Gasteiger partial charge in [-0.2, -0.15) is 5.10 Å². The van der Waals surface area contributed by atoms with Gasteiger partial charge in [-0.3, -0.25) is 9.59 Å². The molecule has 0 radical (unpaired) electrons. The second-order valence-corrected chi connectivity index (χ2v) is 3.40. The van der Waals surface area contributed by atoms with Crippen LogP contribution in [0.1, 0.15) is 18.5 Å². The SMILES string of the molecule is O=C(NCc1ccc(=O)[nH]n1)C1CC1. The minimum absolute atomic E-state index is 0.0815. The lowest BCUT2D eigenvalue weighted by Gasteiger charge is -2.01. The van der Waals surface area contributed by atoms with Crippen molar-refractivity contribution >= 4 is 5.91 Å². The third kappa shape index (κ3) is 2.18. The third-order valence-corrected chi connectivity index (χ3v) is 2.13. The Balaban J connectivity index is 1.87. The van der Waals surface area contributed by atoms with Crippen LogP contribution in [0.25, 0.3) is 0 Å². The van der Waals surface area contributed by atoms with E-state index in [0.29, 0.717) is 12.2 Å². The van der Waals surface area contributed by atoms with E-state index < -0.39 is 0 Å². The van der Waals surface area contributed by atoms with Crippen molar-refractivity contribution < 1.29 is 4.79 Å². The number of aromatic nitrogens is 2. The minimum Gasteiger partial charge on any atom is -0.350 e. The van der Waals surface area contributed by atoms with E-state index >= 15 is 0 Å². The second-order valence-electron chi connectivity index (χ2n) is 3.40. The molecule has 2 N–H and O–H groups in total. The predicted molar refractivity (Wildman–Crippen MR) is 49.4 cm³/mol. The standard InChI is InChI=1S/C9H11N3O2/c13-8-4-3-7(11-12-8)5-10-9(14)6-1-2-6/h3-4,6H,1-2,5H2,(H,10,14)(H,12,13). The van der Waals surface area contributed by atoms with Crippen LogP contribution < -0.4 is 10.9 Å². The van der Waals surface area contributed by atoms with Crippen LogP contribution >= 0.6 is 0 Å². The molecule has 0 aliphatic heterocycles. The number of amides is 1. The van der Waals surface area contributed by atoms with Gasteiger partial charge in [0.05, 0.1) is 12.2 Å². The van der Waals surface area contributed by atoms with Gasteiger partial charge in [-0.25, -0.2) is 5.10 Å². The first-order chi connectivity index (χ1) is 6.75. The van der Waals surface area contributed by atoms with Gasteiger partial charge >= 0.3 is 0 Å². The molecule has 5 nitrogen and oxygen atoms in total. The zero-order chi connectivity index (χ0) is 9.97. The summed E-state index contributed by atoms with van der Waals surface area (Å²) in [6.07, 6.45) is 1.98. The summed E-state index contributed by atoms with van der Waals surface area (Å²) < 4.78 is 0. The van der Waals surface area contributed by atoms with Gasteiger partial charge in [-0.05, 0) is 18.9 Å². The van der Waals surface area contributed by atoms with Crippen LogP contribution in [0.3, 0.4) is 0 Å². The van der Waals surface area contributed by atoms with Crippen molar-refractivity contribution in [3.63, 3.8) is 0 Å². The third-order valence-electron chi connectivity index (χ3n) is 2.13. The number of carbonyl (C=O) groups excluding carboxylic acids is 1. The highest BCUT2D eigenvalue weighted by Gasteiger charge is 2.29. The molecule has 1 amide bonds. The van der Waals surface area contributed by atoms with E-state index in [9.17, 15) is 9.59 Å². The van der Waals surface area contributed by atoms with Crippen molar-refractivity contribution in [1.29, 1.82) is 0 Å².